The summed E-state index contributed by atoms with van der Waals surface area (Å²) in [5.74, 6) is 0.818. The smallest absolute Gasteiger partial charge is 0.229 e. The molecule has 3 aromatic rings. The Morgan fingerprint density at radius 1 is 0.941 bits per heavy atom. The van der Waals surface area contributed by atoms with Crippen molar-refractivity contribution in [2.75, 3.05) is 54.5 Å². The highest BCUT2D eigenvalue weighted by Crippen LogP contribution is 2.34. The van der Waals surface area contributed by atoms with E-state index >= 15 is 0 Å². The number of amides is 1. The number of hydrogen-bond acceptors (Lipinski definition) is 7. The fourth-order valence-corrected chi connectivity index (χ4v) is 5.32. The van der Waals surface area contributed by atoms with Crippen molar-refractivity contribution >= 4 is 34.9 Å². The van der Waals surface area contributed by atoms with E-state index in [0.29, 0.717) is 6.54 Å². The monoisotopic (exact) mass is 475 g/mol. The molecule has 1 amide bonds. The number of morpholine rings is 1. The van der Waals surface area contributed by atoms with Crippen LogP contribution in [0.15, 0.2) is 76.9 Å². The minimum absolute atomic E-state index is 0.0602. The lowest BCUT2D eigenvalue weighted by Gasteiger charge is -2.33. The molecule has 176 valence electrons. The molecule has 2 saturated heterocycles. The van der Waals surface area contributed by atoms with Gasteiger partial charge < -0.3 is 19.9 Å². The van der Waals surface area contributed by atoms with Gasteiger partial charge in [-0.2, -0.15) is 0 Å². The second-order valence-electron chi connectivity index (χ2n) is 8.52. The van der Waals surface area contributed by atoms with E-state index in [9.17, 15) is 4.79 Å². The first kappa shape index (κ1) is 22.7. The molecule has 2 aromatic carbocycles. The van der Waals surface area contributed by atoms with E-state index in [0.717, 1.165) is 72.8 Å². The lowest BCUT2D eigenvalue weighted by Crippen LogP contribution is -2.41. The maximum Gasteiger partial charge on any atom is 0.229 e. The van der Waals surface area contributed by atoms with Gasteiger partial charge in [0.2, 0.25) is 5.91 Å². The van der Waals surface area contributed by atoms with Gasteiger partial charge in [-0.3, -0.25) is 4.79 Å². The Morgan fingerprint density at radius 2 is 1.71 bits per heavy atom. The minimum Gasteiger partial charge on any atom is -0.378 e. The molecule has 7 nitrogen and oxygen atoms in total. The van der Waals surface area contributed by atoms with Crippen molar-refractivity contribution < 1.29 is 9.53 Å². The van der Waals surface area contributed by atoms with Gasteiger partial charge in [0.15, 0.2) is 5.82 Å². The normalized spacial score (nSPS) is 18.5. The molecular weight excluding hydrogens is 446 g/mol. The molecule has 1 aromatic heterocycles. The van der Waals surface area contributed by atoms with Gasteiger partial charge in [-0.25, -0.2) is 9.97 Å². The van der Waals surface area contributed by atoms with Crippen molar-refractivity contribution in [1.82, 2.24) is 9.97 Å². The summed E-state index contributed by atoms with van der Waals surface area (Å²) in [6, 6.07) is 18.3. The third kappa shape index (κ3) is 5.51. The van der Waals surface area contributed by atoms with Crippen LogP contribution in [-0.4, -0.2) is 55.3 Å². The fraction of sp³-hybridized carbons (Fsp3) is 0.346. The Bertz CT molecular complexity index is 1090. The van der Waals surface area contributed by atoms with E-state index < -0.39 is 0 Å². The van der Waals surface area contributed by atoms with E-state index in [1.54, 1.807) is 24.2 Å². The standard InChI is InChI=1S/C26H29N5O2S/c32-25(29-21-8-10-22(11-9-21)30-15-17-33-18-16-30)20-5-4-14-31(19-20)24-26(28-13-12-27-24)34-23-6-2-1-3-7-23/h1-3,6-13,20H,4-5,14-19H2,(H,29,32)/t20-/m1/s1. The Labute approximate surface area is 204 Å². The summed E-state index contributed by atoms with van der Waals surface area (Å²) >= 11 is 1.61. The third-order valence-electron chi connectivity index (χ3n) is 6.21. The summed E-state index contributed by atoms with van der Waals surface area (Å²) in [6.45, 7) is 4.83. The van der Waals surface area contributed by atoms with Crippen molar-refractivity contribution in [3.05, 3.63) is 67.0 Å². The Morgan fingerprint density at radius 3 is 2.50 bits per heavy atom. The number of rotatable bonds is 6. The lowest BCUT2D eigenvalue weighted by atomic mass is 9.97. The molecule has 8 heteroatoms. The highest BCUT2D eigenvalue weighted by atomic mass is 32.2. The zero-order valence-corrected chi connectivity index (χ0v) is 19.9. The van der Waals surface area contributed by atoms with Crippen molar-refractivity contribution in [3.63, 3.8) is 0 Å². The second kappa shape index (κ2) is 10.9. The van der Waals surface area contributed by atoms with Crippen LogP contribution in [0.25, 0.3) is 0 Å². The first-order chi connectivity index (χ1) is 16.8. The van der Waals surface area contributed by atoms with Gasteiger partial charge in [0.05, 0.1) is 19.1 Å². The minimum atomic E-state index is -0.0933. The summed E-state index contributed by atoms with van der Waals surface area (Å²) < 4.78 is 5.43. The molecule has 0 unspecified atom stereocenters. The van der Waals surface area contributed by atoms with Crippen molar-refractivity contribution in [2.45, 2.75) is 22.8 Å². The quantitative estimate of drug-likeness (QED) is 0.569. The number of aromatic nitrogens is 2. The number of benzene rings is 2. The molecule has 0 spiro atoms. The third-order valence-corrected chi connectivity index (χ3v) is 7.20. The first-order valence-corrected chi connectivity index (χ1v) is 12.6. The SMILES string of the molecule is O=C(Nc1ccc(N2CCOCC2)cc1)[C@@H]1CCCN(c2nccnc2Sc2ccccc2)C1. The molecule has 1 atom stereocenters. The Balaban J connectivity index is 1.23. The number of piperidine rings is 1. The van der Waals surface area contributed by atoms with E-state index in [1.165, 1.54) is 0 Å². The van der Waals surface area contributed by atoms with Crippen LogP contribution in [0.3, 0.4) is 0 Å². The fourth-order valence-electron chi connectivity index (χ4n) is 4.41. The molecule has 2 aliphatic heterocycles. The maximum atomic E-state index is 13.1. The van der Waals surface area contributed by atoms with Crippen molar-refractivity contribution in [3.8, 4) is 0 Å². The van der Waals surface area contributed by atoms with Crippen LogP contribution in [0.5, 0.6) is 0 Å². The molecule has 5 rings (SSSR count). The molecule has 1 N–H and O–H groups in total. The van der Waals surface area contributed by atoms with Gasteiger partial charge in [0.1, 0.15) is 5.03 Å². The van der Waals surface area contributed by atoms with Gasteiger partial charge in [0.25, 0.3) is 0 Å². The topological polar surface area (TPSA) is 70.6 Å². The highest BCUT2D eigenvalue weighted by Gasteiger charge is 2.28. The molecule has 0 saturated carbocycles. The maximum absolute atomic E-state index is 13.1. The molecule has 0 bridgehead atoms. The number of ether oxygens (including phenoxy) is 1. The van der Waals surface area contributed by atoms with Gasteiger partial charge in [0, 0.05) is 54.8 Å². The summed E-state index contributed by atoms with van der Waals surface area (Å²) in [7, 11) is 0. The van der Waals surface area contributed by atoms with Crippen LogP contribution in [0.1, 0.15) is 12.8 Å². The largest absolute Gasteiger partial charge is 0.378 e. The number of carbonyl (C=O) groups is 1. The summed E-state index contributed by atoms with van der Waals surface area (Å²) in [6.07, 6.45) is 5.27. The van der Waals surface area contributed by atoms with E-state index in [4.69, 9.17) is 4.74 Å². The van der Waals surface area contributed by atoms with Crippen LogP contribution in [0.4, 0.5) is 17.2 Å². The van der Waals surface area contributed by atoms with Crippen LogP contribution in [-0.2, 0) is 9.53 Å². The number of carbonyl (C=O) groups excluding carboxylic acids is 1. The molecule has 2 fully saturated rings. The van der Waals surface area contributed by atoms with Crippen LogP contribution in [0, 0.1) is 5.92 Å². The van der Waals surface area contributed by atoms with E-state index in [-0.39, 0.29) is 11.8 Å². The predicted octanol–water partition coefficient (Wildman–Crippen LogP) is 4.32. The Kier molecular flexibility index (Phi) is 7.26. The molecule has 3 heterocycles. The Hall–Kier alpha value is -3.10. The second-order valence-corrected chi connectivity index (χ2v) is 9.58. The lowest BCUT2D eigenvalue weighted by molar-refractivity contribution is -0.120. The molecule has 2 aliphatic rings. The summed E-state index contributed by atoms with van der Waals surface area (Å²) in [5, 5.41) is 3.99. The molecular formula is C26H29N5O2S. The summed E-state index contributed by atoms with van der Waals surface area (Å²) in [4.78, 5) is 27.9. The van der Waals surface area contributed by atoms with E-state index in [1.807, 2.05) is 30.3 Å². The van der Waals surface area contributed by atoms with Gasteiger partial charge >= 0.3 is 0 Å². The average molecular weight is 476 g/mol. The zero-order chi connectivity index (χ0) is 23.2. The van der Waals surface area contributed by atoms with Gasteiger partial charge in [-0.05, 0) is 49.2 Å². The molecule has 34 heavy (non-hydrogen) atoms. The first-order valence-electron chi connectivity index (χ1n) is 11.8. The van der Waals surface area contributed by atoms with Crippen molar-refractivity contribution in [1.29, 1.82) is 0 Å². The summed E-state index contributed by atoms with van der Waals surface area (Å²) in [5.41, 5.74) is 2.00. The average Bonchev–Trinajstić information content (AvgIpc) is 2.91. The highest BCUT2D eigenvalue weighted by molar-refractivity contribution is 7.99. The zero-order valence-electron chi connectivity index (χ0n) is 19.1. The van der Waals surface area contributed by atoms with Crippen LogP contribution < -0.4 is 15.1 Å². The molecule has 0 aliphatic carbocycles. The number of nitrogens with zero attached hydrogens (tertiary/aromatic N) is 4. The number of anilines is 3. The number of nitrogens with one attached hydrogen (secondary N) is 1. The van der Waals surface area contributed by atoms with Gasteiger partial charge in [-0.1, -0.05) is 30.0 Å². The van der Waals surface area contributed by atoms with Crippen LogP contribution >= 0.6 is 11.8 Å². The predicted molar refractivity (Wildman–Crippen MR) is 136 cm³/mol. The van der Waals surface area contributed by atoms with Crippen molar-refractivity contribution in [2.24, 2.45) is 5.92 Å². The van der Waals surface area contributed by atoms with E-state index in [2.05, 4.69) is 49.4 Å². The van der Waals surface area contributed by atoms with Crippen LogP contribution in [0.2, 0.25) is 0 Å². The molecule has 0 radical (unpaired) electrons. The van der Waals surface area contributed by atoms with Gasteiger partial charge in [-0.15, -0.1) is 0 Å². The number of hydrogen-bond donors (Lipinski definition) is 1.